The number of nitrogens with zero attached hydrogens (tertiary/aromatic N) is 1. The first kappa shape index (κ1) is 12.1. The van der Waals surface area contributed by atoms with Gasteiger partial charge >= 0.3 is 0 Å². The van der Waals surface area contributed by atoms with E-state index in [-0.39, 0.29) is 11.8 Å². The highest BCUT2D eigenvalue weighted by Crippen LogP contribution is 2.12. The Balaban J connectivity index is 2.67. The number of aryl methyl sites for hydroxylation is 1. The van der Waals surface area contributed by atoms with E-state index in [0.717, 1.165) is 5.56 Å². The zero-order chi connectivity index (χ0) is 12.1. The van der Waals surface area contributed by atoms with Gasteiger partial charge in [0.05, 0.1) is 12.0 Å². The minimum atomic E-state index is -0.200. The number of carbonyl (C=O) groups excluding carboxylic acids is 1. The van der Waals surface area contributed by atoms with Gasteiger partial charge in [-0.1, -0.05) is 6.07 Å². The van der Waals surface area contributed by atoms with Gasteiger partial charge in [-0.2, -0.15) is 5.26 Å². The molecule has 0 spiro atoms. The van der Waals surface area contributed by atoms with Crippen molar-refractivity contribution in [3.8, 4) is 6.07 Å². The van der Waals surface area contributed by atoms with Crippen molar-refractivity contribution in [1.29, 1.82) is 5.26 Å². The lowest BCUT2D eigenvalue weighted by Crippen LogP contribution is -2.27. The summed E-state index contributed by atoms with van der Waals surface area (Å²) in [5, 5.41) is 11.3. The number of nitrogens with two attached hydrogens (primary N) is 1. The van der Waals surface area contributed by atoms with E-state index in [9.17, 15) is 4.79 Å². The fraction of sp³-hybridized carbons (Fsp3) is 0.333. The molecule has 4 heteroatoms. The van der Waals surface area contributed by atoms with E-state index < -0.39 is 0 Å². The van der Waals surface area contributed by atoms with Crippen LogP contribution in [0.1, 0.15) is 22.8 Å². The van der Waals surface area contributed by atoms with Crippen LogP contribution in [0.5, 0.6) is 0 Å². The van der Waals surface area contributed by atoms with Gasteiger partial charge in [0.25, 0.3) is 5.91 Å². The van der Waals surface area contributed by atoms with E-state index in [1.807, 2.05) is 6.92 Å². The highest BCUT2D eigenvalue weighted by Gasteiger charge is 2.08. The monoisotopic (exact) mass is 217 g/mol. The molecule has 1 aromatic rings. The van der Waals surface area contributed by atoms with E-state index in [0.29, 0.717) is 17.8 Å². The normalized spacial score (nSPS) is 11.6. The largest absolute Gasteiger partial charge is 0.398 e. The number of nitrogen functional groups attached to an aromatic ring is 1. The number of hydrogen-bond acceptors (Lipinski definition) is 3. The van der Waals surface area contributed by atoms with Gasteiger partial charge in [0.15, 0.2) is 0 Å². The SMILES string of the molecule is Cc1ccc(C(=O)NCC(C)C#N)cc1N. The van der Waals surface area contributed by atoms with Gasteiger partial charge in [0, 0.05) is 17.8 Å². The Bertz CT molecular complexity index is 434. The molecule has 16 heavy (non-hydrogen) atoms. The van der Waals surface area contributed by atoms with E-state index in [2.05, 4.69) is 11.4 Å². The summed E-state index contributed by atoms with van der Waals surface area (Å²) in [6.45, 7) is 3.99. The van der Waals surface area contributed by atoms with Crippen molar-refractivity contribution >= 4 is 11.6 Å². The smallest absolute Gasteiger partial charge is 0.251 e. The lowest BCUT2D eigenvalue weighted by Gasteiger charge is -2.07. The number of nitriles is 1. The maximum absolute atomic E-state index is 11.7. The molecular formula is C12H15N3O. The van der Waals surface area contributed by atoms with Crippen molar-refractivity contribution in [2.75, 3.05) is 12.3 Å². The Morgan fingerprint density at radius 3 is 2.88 bits per heavy atom. The first-order chi connectivity index (χ1) is 7.54. The lowest BCUT2D eigenvalue weighted by atomic mass is 10.1. The molecule has 0 fully saturated rings. The summed E-state index contributed by atoms with van der Waals surface area (Å²) < 4.78 is 0. The zero-order valence-corrected chi connectivity index (χ0v) is 9.45. The molecule has 4 nitrogen and oxygen atoms in total. The molecule has 1 rings (SSSR count). The average molecular weight is 217 g/mol. The van der Waals surface area contributed by atoms with Crippen molar-refractivity contribution in [3.05, 3.63) is 29.3 Å². The van der Waals surface area contributed by atoms with Crippen LogP contribution in [0.4, 0.5) is 5.69 Å². The molecule has 1 unspecified atom stereocenters. The molecule has 1 aromatic carbocycles. The van der Waals surface area contributed by atoms with Gasteiger partial charge in [0.2, 0.25) is 0 Å². The van der Waals surface area contributed by atoms with E-state index in [1.165, 1.54) is 0 Å². The molecule has 0 radical (unpaired) electrons. The van der Waals surface area contributed by atoms with Gasteiger partial charge in [-0.3, -0.25) is 4.79 Å². The number of anilines is 1. The molecule has 1 atom stereocenters. The van der Waals surface area contributed by atoms with E-state index >= 15 is 0 Å². The summed E-state index contributed by atoms with van der Waals surface area (Å²) >= 11 is 0. The Hall–Kier alpha value is -2.02. The van der Waals surface area contributed by atoms with Crippen molar-refractivity contribution in [2.24, 2.45) is 5.92 Å². The molecule has 0 aliphatic heterocycles. The standard InChI is InChI=1S/C12H15N3O/c1-8(6-13)7-15-12(16)10-4-3-9(2)11(14)5-10/h3-5,8H,7,14H2,1-2H3,(H,15,16). The van der Waals surface area contributed by atoms with Crippen LogP contribution in [0.25, 0.3) is 0 Å². The molecule has 0 saturated heterocycles. The number of benzene rings is 1. The topological polar surface area (TPSA) is 78.9 Å². The van der Waals surface area contributed by atoms with Gasteiger partial charge < -0.3 is 11.1 Å². The molecule has 0 heterocycles. The minimum absolute atomic E-state index is 0.188. The average Bonchev–Trinajstić information content (AvgIpc) is 2.29. The summed E-state index contributed by atoms with van der Waals surface area (Å²) in [6.07, 6.45) is 0. The predicted octanol–water partition coefficient (Wildman–Crippen LogP) is 1.47. The van der Waals surface area contributed by atoms with E-state index in [4.69, 9.17) is 11.0 Å². The highest BCUT2D eigenvalue weighted by molar-refractivity contribution is 5.95. The number of hydrogen-bond donors (Lipinski definition) is 2. The first-order valence-corrected chi connectivity index (χ1v) is 5.08. The molecular weight excluding hydrogens is 202 g/mol. The molecule has 0 aliphatic carbocycles. The van der Waals surface area contributed by atoms with Crippen LogP contribution in [0.3, 0.4) is 0 Å². The van der Waals surface area contributed by atoms with Crippen molar-refractivity contribution in [2.45, 2.75) is 13.8 Å². The molecule has 0 saturated carbocycles. The lowest BCUT2D eigenvalue weighted by molar-refractivity contribution is 0.0951. The third-order valence-corrected chi connectivity index (χ3v) is 2.33. The Kier molecular flexibility index (Phi) is 3.90. The van der Waals surface area contributed by atoms with Crippen LogP contribution in [-0.2, 0) is 0 Å². The minimum Gasteiger partial charge on any atom is -0.398 e. The number of nitrogens with one attached hydrogen (secondary N) is 1. The van der Waals surface area contributed by atoms with Gasteiger partial charge in [-0.05, 0) is 31.5 Å². The zero-order valence-electron chi connectivity index (χ0n) is 9.45. The third-order valence-electron chi connectivity index (χ3n) is 2.33. The number of carbonyl (C=O) groups is 1. The van der Waals surface area contributed by atoms with Crippen LogP contribution < -0.4 is 11.1 Å². The van der Waals surface area contributed by atoms with E-state index in [1.54, 1.807) is 25.1 Å². The second-order valence-electron chi connectivity index (χ2n) is 3.81. The molecule has 0 aromatic heterocycles. The number of amides is 1. The Morgan fingerprint density at radius 2 is 2.31 bits per heavy atom. The summed E-state index contributed by atoms with van der Waals surface area (Å²) in [7, 11) is 0. The van der Waals surface area contributed by atoms with Crippen LogP contribution in [-0.4, -0.2) is 12.5 Å². The summed E-state index contributed by atoms with van der Waals surface area (Å²) in [5.74, 6) is -0.388. The van der Waals surface area contributed by atoms with Gasteiger partial charge in [0.1, 0.15) is 0 Å². The summed E-state index contributed by atoms with van der Waals surface area (Å²) in [5.41, 5.74) is 7.77. The second kappa shape index (κ2) is 5.17. The predicted molar refractivity (Wildman–Crippen MR) is 62.7 cm³/mol. The van der Waals surface area contributed by atoms with Crippen LogP contribution >= 0.6 is 0 Å². The highest BCUT2D eigenvalue weighted by atomic mass is 16.1. The molecule has 0 bridgehead atoms. The Labute approximate surface area is 95.1 Å². The summed E-state index contributed by atoms with van der Waals surface area (Å²) in [6, 6.07) is 7.22. The molecule has 1 amide bonds. The maximum Gasteiger partial charge on any atom is 0.251 e. The fourth-order valence-corrected chi connectivity index (χ4v) is 1.18. The molecule has 3 N–H and O–H groups in total. The van der Waals surface area contributed by atoms with Crippen LogP contribution in [0, 0.1) is 24.2 Å². The quantitative estimate of drug-likeness (QED) is 0.752. The first-order valence-electron chi connectivity index (χ1n) is 5.08. The second-order valence-corrected chi connectivity index (χ2v) is 3.81. The van der Waals surface area contributed by atoms with Crippen molar-refractivity contribution < 1.29 is 4.79 Å². The van der Waals surface area contributed by atoms with Crippen molar-refractivity contribution in [3.63, 3.8) is 0 Å². The van der Waals surface area contributed by atoms with Crippen LogP contribution in [0.2, 0.25) is 0 Å². The molecule has 0 aliphatic rings. The maximum atomic E-state index is 11.7. The Morgan fingerprint density at radius 1 is 1.62 bits per heavy atom. The van der Waals surface area contributed by atoms with Gasteiger partial charge in [-0.15, -0.1) is 0 Å². The van der Waals surface area contributed by atoms with Gasteiger partial charge in [-0.25, -0.2) is 0 Å². The fourth-order valence-electron chi connectivity index (χ4n) is 1.18. The third kappa shape index (κ3) is 2.99. The summed E-state index contributed by atoms with van der Waals surface area (Å²) in [4.78, 5) is 11.7. The van der Waals surface area contributed by atoms with Crippen LogP contribution in [0.15, 0.2) is 18.2 Å². The molecule has 84 valence electrons. The number of rotatable bonds is 3. The van der Waals surface area contributed by atoms with Crippen molar-refractivity contribution in [1.82, 2.24) is 5.32 Å².